The van der Waals surface area contributed by atoms with Gasteiger partial charge in [0, 0.05) is 11.9 Å². The fourth-order valence-corrected chi connectivity index (χ4v) is 3.17. The number of fused-ring (bicyclic) bond motifs is 1. The number of rotatable bonds is 9. The normalized spacial score (nSPS) is 11.8. The zero-order chi connectivity index (χ0) is 23.1. The third-order valence-electron chi connectivity index (χ3n) is 4.93. The van der Waals surface area contributed by atoms with Gasteiger partial charge in [0.05, 0.1) is 19.2 Å². The van der Waals surface area contributed by atoms with E-state index < -0.39 is 11.9 Å². The van der Waals surface area contributed by atoms with Gasteiger partial charge >= 0.3 is 6.03 Å². The zero-order valence-electron chi connectivity index (χ0n) is 18.4. The molecule has 0 saturated heterocycles. The van der Waals surface area contributed by atoms with Crippen LogP contribution in [0.1, 0.15) is 25.2 Å². The van der Waals surface area contributed by atoms with Crippen LogP contribution in [0.4, 0.5) is 10.6 Å². The van der Waals surface area contributed by atoms with E-state index in [9.17, 15) is 9.59 Å². The van der Waals surface area contributed by atoms with Crippen molar-refractivity contribution in [2.24, 2.45) is 11.7 Å². The Morgan fingerprint density at radius 3 is 2.34 bits per heavy atom. The molecule has 0 unspecified atom stereocenters. The maximum Gasteiger partial charge on any atom is 0.315 e. The van der Waals surface area contributed by atoms with Crippen molar-refractivity contribution < 1.29 is 14.3 Å². The fraction of sp³-hybridized carbons (Fsp3) is 0.304. The van der Waals surface area contributed by atoms with Gasteiger partial charge in [-0.2, -0.15) is 0 Å². The van der Waals surface area contributed by atoms with Crippen molar-refractivity contribution in [1.82, 2.24) is 20.6 Å². The van der Waals surface area contributed by atoms with Crippen molar-refractivity contribution in [3.05, 3.63) is 59.9 Å². The van der Waals surface area contributed by atoms with Crippen LogP contribution >= 0.6 is 0 Å². The number of nitrogens with two attached hydrogens (primary N) is 1. The Balaban J connectivity index is 1.68. The van der Waals surface area contributed by atoms with E-state index in [1.807, 2.05) is 62.4 Å². The van der Waals surface area contributed by atoms with E-state index in [0.29, 0.717) is 23.7 Å². The number of para-hydroxylation sites is 1. The van der Waals surface area contributed by atoms with Crippen LogP contribution in [0.15, 0.2) is 48.5 Å². The average molecular weight is 437 g/mol. The van der Waals surface area contributed by atoms with Gasteiger partial charge in [0.1, 0.15) is 17.6 Å². The largest absolute Gasteiger partial charge is 0.497 e. The molecule has 0 fully saturated rings. The summed E-state index contributed by atoms with van der Waals surface area (Å²) < 4.78 is 5.13. The van der Waals surface area contributed by atoms with E-state index in [1.54, 1.807) is 7.11 Å². The van der Waals surface area contributed by atoms with E-state index in [4.69, 9.17) is 10.5 Å². The molecule has 1 atom stereocenters. The summed E-state index contributed by atoms with van der Waals surface area (Å²) >= 11 is 0. The lowest BCUT2D eigenvalue weighted by Crippen LogP contribution is -2.40. The number of amides is 3. The zero-order valence-corrected chi connectivity index (χ0v) is 18.4. The summed E-state index contributed by atoms with van der Waals surface area (Å²) in [6.07, 6.45) is 0. The molecule has 0 aliphatic rings. The van der Waals surface area contributed by atoms with Crippen molar-refractivity contribution in [2.75, 3.05) is 12.4 Å². The van der Waals surface area contributed by atoms with Crippen LogP contribution in [0.3, 0.4) is 0 Å². The molecule has 0 radical (unpaired) electrons. The Bertz CT molecular complexity index is 1080. The maximum absolute atomic E-state index is 12.2. The Labute approximate surface area is 186 Å². The predicted molar refractivity (Wildman–Crippen MR) is 123 cm³/mol. The highest BCUT2D eigenvalue weighted by atomic mass is 16.5. The number of carbonyl (C=O) groups is 2. The standard InChI is InChI=1S/C23H28N6O3/c1-14(2)20(21(24)30)29-22-17-6-4-5-7-18(17)27-19(28-22)13-26-23(31)25-12-15-8-10-16(32-3)11-9-15/h4-11,14,20H,12-13H2,1-3H3,(H2,24,30)(H2,25,26,31)(H,27,28,29)/t20-/m0/s1. The van der Waals surface area contributed by atoms with Crippen LogP contribution in [-0.2, 0) is 17.9 Å². The monoisotopic (exact) mass is 436 g/mol. The molecular weight excluding hydrogens is 408 g/mol. The summed E-state index contributed by atoms with van der Waals surface area (Å²) in [5.41, 5.74) is 7.19. The first-order chi connectivity index (χ1) is 15.4. The lowest BCUT2D eigenvalue weighted by molar-refractivity contribution is -0.119. The Morgan fingerprint density at radius 1 is 1.00 bits per heavy atom. The van der Waals surface area contributed by atoms with Gasteiger partial charge in [-0.15, -0.1) is 0 Å². The van der Waals surface area contributed by atoms with Crippen molar-refractivity contribution in [3.63, 3.8) is 0 Å². The Kier molecular flexibility index (Phi) is 7.43. The molecular formula is C23H28N6O3. The molecule has 168 valence electrons. The van der Waals surface area contributed by atoms with Gasteiger partial charge in [-0.05, 0) is 35.7 Å². The quantitative estimate of drug-likeness (QED) is 0.408. The first-order valence-corrected chi connectivity index (χ1v) is 10.3. The number of aromatic nitrogens is 2. The highest BCUT2D eigenvalue weighted by Gasteiger charge is 2.21. The topological polar surface area (TPSA) is 131 Å². The SMILES string of the molecule is COc1ccc(CNC(=O)NCc2nc(N[C@H](C(N)=O)C(C)C)c3ccccc3n2)cc1. The van der Waals surface area contributed by atoms with Gasteiger partial charge in [0.2, 0.25) is 5.91 Å². The van der Waals surface area contributed by atoms with Crippen molar-refractivity contribution in [2.45, 2.75) is 33.0 Å². The first-order valence-electron chi connectivity index (χ1n) is 10.3. The first kappa shape index (κ1) is 22.8. The fourth-order valence-electron chi connectivity index (χ4n) is 3.17. The number of nitrogens with one attached hydrogen (secondary N) is 3. The van der Waals surface area contributed by atoms with E-state index in [1.165, 1.54) is 0 Å². The molecule has 3 aromatic rings. The number of methoxy groups -OCH3 is 1. The molecule has 2 aromatic carbocycles. The second-order valence-electron chi connectivity index (χ2n) is 7.66. The predicted octanol–water partition coefficient (Wildman–Crippen LogP) is 2.56. The van der Waals surface area contributed by atoms with Crippen molar-refractivity contribution >= 4 is 28.7 Å². The van der Waals surface area contributed by atoms with Crippen LogP contribution in [0, 0.1) is 5.92 Å². The second kappa shape index (κ2) is 10.4. The van der Waals surface area contributed by atoms with E-state index >= 15 is 0 Å². The molecule has 0 bridgehead atoms. The average Bonchev–Trinajstić information content (AvgIpc) is 2.79. The third-order valence-corrected chi connectivity index (χ3v) is 4.93. The molecule has 3 amide bonds. The van der Waals surface area contributed by atoms with Crippen molar-refractivity contribution in [1.29, 1.82) is 0 Å². The van der Waals surface area contributed by atoms with Crippen LogP contribution < -0.4 is 26.4 Å². The smallest absolute Gasteiger partial charge is 0.315 e. The van der Waals surface area contributed by atoms with E-state index in [2.05, 4.69) is 25.9 Å². The summed E-state index contributed by atoms with van der Waals surface area (Å²) in [4.78, 5) is 33.1. The molecule has 1 heterocycles. The minimum absolute atomic E-state index is 0.0217. The highest BCUT2D eigenvalue weighted by molar-refractivity contribution is 5.92. The van der Waals surface area contributed by atoms with Crippen LogP contribution in [0.2, 0.25) is 0 Å². The van der Waals surface area contributed by atoms with Gasteiger partial charge in [-0.3, -0.25) is 4.79 Å². The molecule has 1 aromatic heterocycles. The number of benzene rings is 2. The van der Waals surface area contributed by atoms with E-state index in [-0.39, 0.29) is 18.5 Å². The number of primary amides is 1. The molecule has 9 heteroatoms. The lowest BCUT2D eigenvalue weighted by atomic mass is 10.0. The van der Waals surface area contributed by atoms with Gasteiger partial charge < -0.3 is 26.4 Å². The summed E-state index contributed by atoms with van der Waals surface area (Å²) in [6.45, 7) is 4.30. The van der Waals surface area contributed by atoms with Gasteiger partial charge in [-0.1, -0.05) is 38.1 Å². The number of anilines is 1. The van der Waals surface area contributed by atoms with Crippen molar-refractivity contribution in [3.8, 4) is 5.75 Å². The summed E-state index contributed by atoms with van der Waals surface area (Å²) in [6, 6.07) is 14.0. The number of hydrogen-bond acceptors (Lipinski definition) is 6. The molecule has 0 aliphatic heterocycles. The molecule has 5 N–H and O–H groups in total. The molecule has 9 nitrogen and oxygen atoms in total. The van der Waals surface area contributed by atoms with Gasteiger partial charge in [0.15, 0.2) is 5.82 Å². The number of ether oxygens (including phenoxy) is 1. The van der Waals surface area contributed by atoms with Gasteiger partial charge in [0.25, 0.3) is 0 Å². The number of hydrogen-bond donors (Lipinski definition) is 4. The molecule has 32 heavy (non-hydrogen) atoms. The summed E-state index contributed by atoms with van der Waals surface area (Å²) in [5.74, 6) is 1.19. The van der Waals surface area contributed by atoms with Crippen LogP contribution in [-0.4, -0.2) is 35.1 Å². The minimum Gasteiger partial charge on any atom is -0.497 e. The molecule has 3 rings (SSSR count). The Hall–Kier alpha value is -3.88. The second-order valence-corrected chi connectivity index (χ2v) is 7.66. The Morgan fingerprint density at radius 2 is 1.69 bits per heavy atom. The highest BCUT2D eigenvalue weighted by Crippen LogP contribution is 2.22. The lowest BCUT2D eigenvalue weighted by Gasteiger charge is -2.21. The summed E-state index contributed by atoms with van der Waals surface area (Å²) in [7, 11) is 1.60. The molecule has 0 aliphatic carbocycles. The van der Waals surface area contributed by atoms with Crippen LogP contribution in [0.25, 0.3) is 10.9 Å². The number of carbonyl (C=O) groups excluding carboxylic acids is 2. The van der Waals surface area contributed by atoms with Gasteiger partial charge in [-0.25, -0.2) is 14.8 Å². The molecule has 0 spiro atoms. The summed E-state index contributed by atoms with van der Waals surface area (Å²) in [5, 5.41) is 9.47. The van der Waals surface area contributed by atoms with E-state index in [0.717, 1.165) is 16.7 Å². The maximum atomic E-state index is 12.2. The number of nitrogens with zero attached hydrogens (tertiary/aromatic N) is 2. The minimum atomic E-state index is -0.582. The molecule has 0 saturated carbocycles. The van der Waals surface area contributed by atoms with Crippen LogP contribution in [0.5, 0.6) is 5.75 Å². The third kappa shape index (κ3) is 5.84. The number of urea groups is 1.